The molecule has 0 saturated heterocycles. The van der Waals surface area contributed by atoms with Gasteiger partial charge in [0.2, 0.25) is 0 Å². The van der Waals surface area contributed by atoms with Crippen molar-refractivity contribution in [3.8, 4) is 0 Å². The van der Waals surface area contributed by atoms with Crippen molar-refractivity contribution >= 4 is 11.8 Å². The molecule has 0 aliphatic heterocycles. The summed E-state index contributed by atoms with van der Waals surface area (Å²) in [6, 6.07) is 0. The van der Waals surface area contributed by atoms with Crippen LogP contribution in [-0.2, 0) is 14.3 Å². The van der Waals surface area contributed by atoms with E-state index in [4.69, 9.17) is 4.74 Å². The Morgan fingerprint density at radius 2 is 1.50 bits per heavy atom. The van der Waals surface area contributed by atoms with Crippen molar-refractivity contribution in [3.63, 3.8) is 0 Å². The zero-order chi connectivity index (χ0) is 17.1. The summed E-state index contributed by atoms with van der Waals surface area (Å²) >= 11 is 0. The molecule has 22 heavy (non-hydrogen) atoms. The molecule has 0 amide bonds. The molecule has 0 aromatic rings. The lowest BCUT2D eigenvalue weighted by Gasteiger charge is -2.48. The molecule has 0 unspecified atom stereocenters. The van der Waals surface area contributed by atoms with Gasteiger partial charge in [-0.3, -0.25) is 9.59 Å². The highest BCUT2D eigenvalue weighted by Gasteiger charge is 2.63. The molecule has 0 radical (unpaired) electrons. The molecule has 8 nitrogen and oxygen atoms in total. The van der Waals surface area contributed by atoms with Crippen LogP contribution in [0.4, 0.5) is 0 Å². The van der Waals surface area contributed by atoms with E-state index in [9.17, 15) is 35.1 Å². The van der Waals surface area contributed by atoms with E-state index in [0.29, 0.717) is 12.8 Å². The van der Waals surface area contributed by atoms with E-state index in [2.05, 4.69) is 0 Å². The molecule has 0 spiro atoms. The topological polar surface area (TPSA) is 145 Å². The average Bonchev–Trinajstić information content (AvgIpc) is 2.48. The largest absolute Gasteiger partial charge is 0.456 e. The van der Waals surface area contributed by atoms with Gasteiger partial charge >= 0.3 is 5.97 Å². The van der Waals surface area contributed by atoms with E-state index in [1.807, 2.05) is 0 Å². The van der Waals surface area contributed by atoms with Crippen LogP contribution < -0.4 is 0 Å². The number of esters is 1. The Bertz CT molecular complexity index is 412. The van der Waals surface area contributed by atoms with E-state index in [1.165, 1.54) is 0 Å². The first kappa shape index (κ1) is 19.0. The summed E-state index contributed by atoms with van der Waals surface area (Å²) in [5, 5.41) is 50.0. The Labute approximate surface area is 128 Å². The smallest absolute Gasteiger partial charge is 0.306 e. The van der Waals surface area contributed by atoms with E-state index in [0.717, 1.165) is 0 Å². The van der Waals surface area contributed by atoms with Gasteiger partial charge in [-0.05, 0) is 12.8 Å². The van der Waals surface area contributed by atoms with Crippen LogP contribution in [0.5, 0.6) is 0 Å². The quantitative estimate of drug-likeness (QED) is 0.363. The lowest BCUT2D eigenvalue weighted by molar-refractivity contribution is -0.265. The zero-order valence-corrected chi connectivity index (χ0v) is 12.7. The van der Waals surface area contributed by atoms with Gasteiger partial charge in [0.15, 0.2) is 17.5 Å². The van der Waals surface area contributed by atoms with Gasteiger partial charge in [0, 0.05) is 12.8 Å². The number of aliphatic hydroxyl groups excluding tert-OH is 4. The molecular weight excluding hydrogens is 296 g/mol. The van der Waals surface area contributed by atoms with Crippen LogP contribution in [0.1, 0.15) is 39.5 Å². The fraction of sp³-hybridized carbons (Fsp3) is 0.857. The third-order valence-electron chi connectivity index (χ3n) is 3.85. The summed E-state index contributed by atoms with van der Waals surface area (Å²) < 4.78 is 4.93. The predicted octanol–water partition coefficient (Wildman–Crippen LogP) is -1.74. The van der Waals surface area contributed by atoms with Gasteiger partial charge in [0.25, 0.3) is 0 Å². The van der Waals surface area contributed by atoms with Crippen molar-refractivity contribution < 1.29 is 39.9 Å². The molecule has 0 aromatic carbocycles. The molecule has 1 aliphatic rings. The van der Waals surface area contributed by atoms with Gasteiger partial charge in [-0.2, -0.15) is 0 Å². The molecule has 0 bridgehead atoms. The number of ketones is 1. The Morgan fingerprint density at radius 1 is 0.955 bits per heavy atom. The molecule has 128 valence electrons. The van der Waals surface area contributed by atoms with Crippen LogP contribution in [0, 0.1) is 0 Å². The Kier molecular flexibility index (Phi) is 6.45. The number of carbonyl (C=O) groups excluding carboxylic acids is 2. The maximum absolute atomic E-state index is 12.2. The number of rotatable bonds is 6. The second-order valence-electron chi connectivity index (χ2n) is 5.58. The summed E-state index contributed by atoms with van der Waals surface area (Å²) in [6.07, 6.45) is -9.00. The molecule has 1 saturated carbocycles. The van der Waals surface area contributed by atoms with Crippen LogP contribution in [0.25, 0.3) is 0 Å². The highest BCUT2D eigenvalue weighted by Crippen LogP contribution is 2.34. The second-order valence-corrected chi connectivity index (χ2v) is 5.58. The van der Waals surface area contributed by atoms with Crippen LogP contribution >= 0.6 is 0 Å². The van der Waals surface area contributed by atoms with Crippen molar-refractivity contribution in [2.75, 3.05) is 0 Å². The molecule has 0 aromatic heterocycles. The average molecular weight is 320 g/mol. The Morgan fingerprint density at radius 3 is 2.00 bits per heavy atom. The molecule has 6 atom stereocenters. The van der Waals surface area contributed by atoms with Gasteiger partial charge < -0.3 is 30.3 Å². The number of hydrogen-bond donors (Lipinski definition) is 5. The van der Waals surface area contributed by atoms with E-state index in [-0.39, 0.29) is 12.8 Å². The van der Waals surface area contributed by atoms with Gasteiger partial charge in [-0.1, -0.05) is 13.8 Å². The van der Waals surface area contributed by atoms with Gasteiger partial charge in [-0.15, -0.1) is 0 Å². The number of Topliss-reactive ketones (excluding diaryl/α,β-unsaturated/α-hetero) is 1. The second kappa shape index (κ2) is 7.47. The summed E-state index contributed by atoms with van der Waals surface area (Å²) in [5.41, 5.74) is -2.67. The van der Waals surface area contributed by atoms with E-state index >= 15 is 0 Å². The molecule has 1 fully saturated rings. The monoisotopic (exact) mass is 320 g/mol. The Hall–Kier alpha value is -1.06. The fourth-order valence-electron chi connectivity index (χ4n) is 2.57. The molecule has 8 heteroatoms. The third kappa shape index (κ3) is 3.31. The summed E-state index contributed by atoms with van der Waals surface area (Å²) in [6.45, 7) is 3.37. The van der Waals surface area contributed by atoms with E-state index < -0.39 is 47.9 Å². The van der Waals surface area contributed by atoms with Crippen LogP contribution in [-0.4, -0.2) is 73.4 Å². The summed E-state index contributed by atoms with van der Waals surface area (Å²) in [4.78, 5) is 23.8. The highest BCUT2D eigenvalue weighted by atomic mass is 16.6. The molecule has 1 aliphatic carbocycles. The van der Waals surface area contributed by atoms with Crippen LogP contribution in [0.2, 0.25) is 0 Å². The summed E-state index contributed by atoms with van der Waals surface area (Å²) in [5.74, 6) is -1.66. The normalized spacial score (nSPS) is 38.6. The summed E-state index contributed by atoms with van der Waals surface area (Å²) in [7, 11) is 0. The lowest BCUT2D eigenvalue weighted by atomic mass is 9.71. The van der Waals surface area contributed by atoms with E-state index in [1.54, 1.807) is 13.8 Å². The lowest BCUT2D eigenvalue weighted by Crippen LogP contribution is -2.74. The first-order valence-corrected chi connectivity index (χ1v) is 7.39. The number of hydrogen-bond acceptors (Lipinski definition) is 8. The molecule has 1 rings (SSSR count). The van der Waals surface area contributed by atoms with Crippen molar-refractivity contribution in [2.45, 2.75) is 75.7 Å². The maximum atomic E-state index is 12.2. The first-order chi connectivity index (χ1) is 10.2. The minimum atomic E-state index is -2.67. The van der Waals surface area contributed by atoms with Crippen molar-refractivity contribution in [2.24, 2.45) is 0 Å². The zero-order valence-electron chi connectivity index (χ0n) is 12.7. The van der Waals surface area contributed by atoms with Crippen molar-refractivity contribution in [3.05, 3.63) is 0 Å². The van der Waals surface area contributed by atoms with Crippen LogP contribution in [0.3, 0.4) is 0 Å². The fourth-order valence-corrected chi connectivity index (χ4v) is 2.57. The van der Waals surface area contributed by atoms with Gasteiger partial charge in [0.1, 0.15) is 24.4 Å². The molecular formula is C14H24O8. The van der Waals surface area contributed by atoms with Gasteiger partial charge in [0.05, 0.1) is 0 Å². The minimum Gasteiger partial charge on any atom is -0.456 e. The SMILES string of the molecule is CCCC(=O)O[C@H]1[C@@H](O)[C@@H](O)[C@H](O)[C@@H](O)[C@@]1(O)C(=O)CCC. The maximum Gasteiger partial charge on any atom is 0.306 e. The number of aliphatic hydroxyl groups is 5. The predicted molar refractivity (Wildman–Crippen MR) is 73.7 cm³/mol. The van der Waals surface area contributed by atoms with Crippen LogP contribution in [0.15, 0.2) is 0 Å². The molecule has 0 heterocycles. The van der Waals surface area contributed by atoms with Crippen molar-refractivity contribution in [1.82, 2.24) is 0 Å². The van der Waals surface area contributed by atoms with Gasteiger partial charge in [-0.25, -0.2) is 0 Å². The number of carbonyl (C=O) groups is 2. The molecule has 5 N–H and O–H groups in total. The minimum absolute atomic E-state index is 0.0178. The highest BCUT2D eigenvalue weighted by molar-refractivity contribution is 5.89. The Balaban J connectivity index is 3.17. The first-order valence-electron chi connectivity index (χ1n) is 7.39. The standard InChI is InChI=1S/C14H24O8/c1-3-5-7(15)14(21)12(20)10(18)9(17)11(19)13(14)22-8(16)6-4-2/h9-13,17-21H,3-6H2,1-2H3/t9-,10-,11-,12+,13-,14-/m0/s1. The third-order valence-corrected chi connectivity index (χ3v) is 3.85. The van der Waals surface area contributed by atoms with Crippen molar-refractivity contribution in [1.29, 1.82) is 0 Å². The number of ether oxygens (including phenoxy) is 1.